The first-order chi connectivity index (χ1) is 7.18. The van der Waals surface area contributed by atoms with E-state index < -0.39 is 10.8 Å². The van der Waals surface area contributed by atoms with E-state index >= 15 is 0 Å². The molecule has 1 unspecified atom stereocenters. The molecule has 0 heterocycles. The molecular formula is C12H12NOS. The Morgan fingerprint density at radius 3 is 2.33 bits per heavy atom. The highest BCUT2D eigenvalue weighted by atomic mass is 32.2. The average Bonchev–Trinajstić information content (AvgIpc) is 2.65. The lowest BCUT2D eigenvalue weighted by Crippen LogP contribution is -2.18. The maximum atomic E-state index is 12.1. The first kappa shape index (κ1) is 10.8. The molecule has 3 heteroatoms. The van der Waals surface area contributed by atoms with E-state index in [0.717, 1.165) is 10.5 Å². The molecule has 0 aliphatic heterocycles. The molecule has 0 saturated heterocycles. The van der Waals surface area contributed by atoms with E-state index in [1.54, 1.807) is 12.8 Å². The van der Waals surface area contributed by atoms with Crippen LogP contribution >= 0.6 is 0 Å². The third kappa shape index (κ3) is 2.29. The van der Waals surface area contributed by atoms with E-state index in [1.807, 2.05) is 37.6 Å². The Kier molecular flexibility index (Phi) is 3.22. The van der Waals surface area contributed by atoms with Crippen molar-refractivity contribution >= 4 is 10.8 Å². The van der Waals surface area contributed by atoms with E-state index in [0.29, 0.717) is 11.3 Å². The van der Waals surface area contributed by atoms with Gasteiger partial charge in [-0.2, -0.15) is 0 Å². The highest BCUT2D eigenvalue weighted by Gasteiger charge is 2.32. The number of nitrogens with two attached hydrogens (primary N) is 1. The van der Waals surface area contributed by atoms with Gasteiger partial charge in [0.25, 0.3) is 0 Å². The van der Waals surface area contributed by atoms with E-state index in [-0.39, 0.29) is 0 Å². The molecule has 0 spiro atoms. The van der Waals surface area contributed by atoms with Crippen LogP contribution in [0.4, 0.5) is 0 Å². The van der Waals surface area contributed by atoms with E-state index in [2.05, 4.69) is 0 Å². The van der Waals surface area contributed by atoms with Crippen LogP contribution in [-0.4, -0.2) is 4.21 Å². The molecule has 77 valence electrons. The quantitative estimate of drug-likeness (QED) is 0.821. The molecule has 0 amide bonds. The maximum Gasteiger partial charge on any atom is 0.0936 e. The lowest BCUT2D eigenvalue weighted by Gasteiger charge is -2.12. The van der Waals surface area contributed by atoms with Gasteiger partial charge in [-0.3, -0.25) is 4.21 Å². The number of hydrogen-bond acceptors (Lipinski definition) is 2. The fraction of sp³-hybridized carbons (Fsp3) is 0.0833. The minimum atomic E-state index is -1.16. The largest absolute Gasteiger partial charge is 0.322 e. The van der Waals surface area contributed by atoms with E-state index in [1.165, 1.54) is 0 Å². The zero-order valence-corrected chi connectivity index (χ0v) is 9.25. The van der Waals surface area contributed by atoms with Gasteiger partial charge in [0.05, 0.1) is 22.1 Å². The molecule has 5 radical (unpaired) electrons. The summed E-state index contributed by atoms with van der Waals surface area (Å²) < 4.78 is 12.1. The molecule has 1 saturated carbocycles. The van der Waals surface area contributed by atoms with Crippen LogP contribution in [0.1, 0.15) is 5.56 Å². The third-order valence-corrected chi connectivity index (χ3v) is 3.71. The second kappa shape index (κ2) is 4.45. The minimum absolute atomic E-state index is 0.592. The summed E-state index contributed by atoms with van der Waals surface area (Å²) in [6.45, 7) is 2.00. The van der Waals surface area contributed by atoms with E-state index in [4.69, 9.17) is 5.73 Å². The van der Waals surface area contributed by atoms with Gasteiger partial charge < -0.3 is 5.73 Å². The van der Waals surface area contributed by atoms with Crippen LogP contribution < -0.4 is 5.73 Å². The first-order valence-electron chi connectivity index (χ1n) is 4.68. The van der Waals surface area contributed by atoms with Crippen molar-refractivity contribution in [2.24, 2.45) is 5.73 Å². The van der Waals surface area contributed by atoms with Crippen molar-refractivity contribution < 1.29 is 4.21 Å². The van der Waals surface area contributed by atoms with Crippen molar-refractivity contribution in [3.63, 3.8) is 0 Å². The monoisotopic (exact) mass is 218 g/mol. The standard InChI is InChI=1S/C12H12NOS/c1-9-5-7-10(8-6-9)15(14)12-4-2-3-11(12)13/h2-8H,13H2,1H3. The summed E-state index contributed by atoms with van der Waals surface area (Å²) in [6, 6.07) is 8.24. The third-order valence-electron chi connectivity index (χ3n) is 2.24. The predicted molar refractivity (Wildman–Crippen MR) is 61.2 cm³/mol. The van der Waals surface area contributed by atoms with Crippen LogP contribution in [0.2, 0.25) is 0 Å². The van der Waals surface area contributed by atoms with Crippen LogP contribution in [0.5, 0.6) is 0 Å². The molecule has 0 bridgehead atoms. The van der Waals surface area contributed by atoms with Crippen molar-refractivity contribution in [2.75, 3.05) is 0 Å². The van der Waals surface area contributed by atoms with Gasteiger partial charge in [-0.15, -0.1) is 0 Å². The highest BCUT2D eigenvalue weighted by molar-refractivity contribution is 7.88. The van der Waals surface area contributed by atoms with Gasteiger partial charge in [0.2, 0.25) is 0 Å². The summed E-state index contributed by atoms with van der Waals surface area (Å²) >= 11 is 0. The van der Waals surface area contributed by atoms with Crippen molar-refractivity contribution in [3.05, 3.63) is 60.4 Å². The molecule has 1 fully saturated rings. The van der Waals surface area contributed by atoms with Gasteiger partial charge in [0.15, 0.2) is 0 Å². The summed E-state index contributed by atoms with van der Waals surface area (Å²) in [6.07, 6.45) is 5.38. The zero-order valence-electron chi connectivity index (χ0n) is 8.44. The van der Waals surface area contributed by atoms with Gasteiger partial charge >= 0.3 is 0 Å². The second-order valence-corrected chi connectivity index (χ2v) is 4.88. The number of aryl methyl sites for hydroxylation is 1. The molecule has 15 heavy (non-hydrogen) atoms. The van der Waals surface area contributed by atoms with Crippen LogP contribution in [0, 0.1) is 37.5 Å². The molecule has 0 aromatic heterocycles. The smallest absolute Gasteiger partial charge is 0.0936 e. The average molecular weight is 218 g/mol. The summed E-state index contributed by atoms with van der Waals surface area (Å²) in [4.78, 5) is 0.790. The maximum absolute atomic E-state index is 12.1. The zero-order chi connectivity index (χ0) is 10.8. The van der Waals surface area contributed by atoms with Crippen LogP contribution in [0.3, 0.4) is 0 Å². The second-order valence-electron chi connectivity index (χ2n) is 3.43. The Hall–Kier alpha value is -0.670. The molecule has 2 nitrogen and oxygen atoms in total. The predicted octanol–water partition coefficient (Wildman–Crippen LogP) is 1.75. The Labute approximate surface area is 93.3 Å². The van der Waals surface area contributed by atoms with Gasteiger partial charge in [-0.1, -0.05) is 17.7 Å². The SMILES string of the molecule is Cc1ccc(S(=O)[C]2[CH][CH][CH][C]2N)cc1. The molecule has 1 aliphatic rings. The number of benzene rings is 1. The fourth-order valence-corrected chi connectivity index (χ4v) is 2.50. The Morgan fingerprint density at radius 2 is 1.80 bits per heavy atom. The van der Waals surface area contributed by atoms with Crippen LogP contribution in [0.25, 0.3) is 0 Å². The van der Waals surface area contributed by atoms with Crippen LogP contribution in [-0.2, 0) is 10.8 Å². The summed E-state index contributed by atoms with van der Waals surface area (Å²) in [5.41, 5.74) is 6.87. The van der Waals surface area contributed by atoms with E-state index in [9.17, 15) is 4.21 Å². The molecule has 1 aliphatic carbocycles. The molecule has 2 rings (SSSR count). The normalized spacial score (nSPS) is 20.7. The summed E-state index contributed by atoms with van der Waals surface area (Å²) in [7, 11) is -1.16. The van der Waals surface area contributed by atoms with Crippen LogP contribution in [0.15, 0.2) is 29.2 Å². The van der Waals surface area contributed by atoms with Gasteiger partial charge in [-0.25, -0.2) is 0 Å². The lowest BCUT2D eigenvalue weighted by molar-refractivity contribution is 0.684. The molecule has 1 atom stereocenters. The Balaban J connectivity index is 2.17. The number of rotatable bonds is 2. The Bertz CT molecular complexity index is 360. The van der Waals surface area contributed by atoms with Gasteiger partial charge in [0.1, 0.15) is 0 Å². The summed E-state index contributed by atoms with van der Waals surface area (Å²) in [5, 5.41) is 0.693. The van der Waals surface area contributed by atoms with Gasteiger partial charge in [-0.05, 0) is 38.3 Å². The van der Waals surface area contributed by atoms with Crippen molar-refractivity contribution in [1.29, 1.82) is 0 Å². The first-order valence-corrected chi connectivity index (χ1v) is 5.83. The highest BCUT2D eigenvalue weighted by Crippen LogP contribution is 2.34. The topological polar surface area (TPSA) is 43.1 Å². The lowest BCUT2D eigenvalue weighted by atomic mass is 10.2. The van der Waals surface area contributed by atoms with Crippen molar-refractivity contribution in [2.45, 2.75) is 11.8 Å². The minimum Gasteiger partial charge on any atom is -0.322 e. The van der Waals surface area contributed by atoms with Gasteiger partial charge in [0, 0.05) is 4.90 Å². The molecule has 1 aromatic carbocycles. The van der Waals surface area contributed by atoms with Crippen molar-refractivity contribution in [3.8, 4) is 0 Å². The molecule has 1 aromatic rings. The molecular weight excluding hydrogens is 206 g/mol. The summed E-state index contributed by atoms with van der Waals surface area (Å²) in [5.74, 6) is 0. The van der Waals surface area contributed by atoms with Crippen molar-refractivity contribution in [1.82, 2.24) is 0 Å². The molecule has 2 N–H and O–H groups in total. The number of hydrogen-bond donors (Lipinski definition) is 1. The fourth-order valence-electron chi connectivity index (χ4n) is 1.38. The Morgan fingerprint density at radius 1 is 1.13 bits per heavy atom.